The first-order valence-corrected chi connectivity index (χ1v) is 8.00. The standard InChI is InChI=1S/C17H16N2O3S/c1-3-22-13-8-9-14-15(10-13)23-17(18-14)19-16(20)11-4-6-12(21-2)7-5-11/h4-10H,3H2,1-2H3,(H,18,19,20). The Labute approximate surface area is 137 Å². The maximum Gasteiger partial charge on any atom is 0.257 e. The lowest BCUT2D eigenvalue weighted by molar-refractivity contribution is 0.102. The largest absolute Gasteiger partial charge is 0.497 e. The highest BCUT2D eigenvalue weighted by atomic mass is 32.1. The molecule has 0 saturated carbocycles. The quantitative estimate of drug-likeness (QED) is 0.770. The zero-order valence-corrected chi connectivity index (χ0v) is 13.6. The van der Waals surface area contributed by atoms with Crippen LogP contribution in [0.2, 0.25) is 0 Å². The van der Waals surface area contributed by atoms with Gasteiger partial charge in [-0.2, -0.15) is 0 Å². The van der Waals surface area contributed by atoms with Gasteiger partial charge >= 0.3 is 0 Å². The lowest BCUT2D eigenvalue weighted by atomic mass is 10.2. The molecule has 1 N–H and O–H groups in total. The number of hydrogen-bond donors (Lipinski definition) is 1. The van der Waals surface area contributed by atoms with Crippen molar-refractivity contribution < 1.29 is 14.3 Å². The van der Waals surface area contributed by atoms with E-state index < -0.39 is 0 Å². The number of nitrogens with zero attached hydrogens (tertiary/aromatic N) is 1. The lowest BCUT2D eigenvalue weighted by Gasteiger charge is -2.03. The number of rotatable bonds is 5. The minimum Gasteiger partial charge on any atom is -0.497 e. The fraction of sp³-hybridized carbons (Fsp3) is 0.176. The average molecular weight is 328 g/mol. The van der Waals surface area contributed by atoms with Crippen molar-refractivity contribution in [2.24, 2.45) is 0 Å². The summed E-state index contributed by atoms with van der Waals surface area (Å²) in [6.45, 7) is 2.56. The van der Waals surface area contributed by atoms with Gasteiger partial charge in [-0.3, -0.25) is 10.1 Å². The van der Waals surface area contributed by atoms with Crippen LogP contribution in [0.4, 0.5) is 5.13 Å². The molecule has 118 valence electrons. The van der Waals surface area contributed by atoms with Gasteiger partial charge in [0.25, 0.3) is 5.91 Å². The first-order chi connectivity index (χ1) is 11.2. The summed E-state index contributed by atoms with van der Waals surface area (Å²) in [6.07, 6.45) is 0. The number of methoxy groups -OCH3 is 1. The van der Waals surface area contributed by atoms with Gasteiger partial charge in [-0.1, -0.05) is 11.3 Å². The Morgan fingerprint density at radius 2 is 1.91 bits per heavy atom. The topological polar surface area (TPSA) is 60.5 Å². The molecule has 0 aliphatic heterocycles. The van der Waals surface area contributed by atoms with Crippen LogP contribution in [0.1, 0.15) is 17.3 Å². The molecule has 0 fully saturated rings. The van der Waals surface area contributed by atoms with Crippen LogP contribution in [0, 0.1) is 0 Å². The van der Waals surface area contributed by atoms with Gasteiger partial charge in [0.15, 0.2) is 5.13 Å². The number of thiazole rings is 1. The van der Waals surface area contributed by atoms with Crippen molar-refractivity contribution in [3.8, 4) is 11.5 Å². The Bertz CT molecular complexity index is 827. The van der Waals surface area contributed by atoms with Crippen LogP contribution in [-0.4, -0.2) is 24.6 Å². The van der Waals surface area contributed by atoms with E-state index in [4.69, 9.17) is 9.47 Å². The highest BCUT2D eigenvalue weighted by Gasteiger charge is 2.10. The summed E-state index contributed by atoms with van der Waals surface area (Å²) in [7, 11) is 1.59. The van der Waals surface area contributed by atoms with Crippen molar-refractivity contribution in [1.29, 1.82) is 0 Å². The van der Waals surface area contributed by atoms with Gasteiger partial charge in [0.1, 0.15) is 11.5 Å². The van der Waals surface area contributed by atoms with Crippen LogP contribution in [0.5, 0.6) is 11.5 Å². The van der Waals surface area contributed by atoms with E-state index in [1.165, 1.54) is 11.3 Å². The molecule has 5 nitrogen and oxygen atoms in total. The van der Waals surface area contributed by atoms with Gasteiger partial charge in [-0.15, -0.1) is 0 Å². The molecule has 0 aliphatic rings. The van der Waals surface area contributed by atoms with Crippen LogP contribution in [-0.2, 0) is 0 Å². The Hall–Kier alpha value is -2.60. The van der Waals surface area contributed by atoms with Crippen molar-refractivity contribution in [3.63, 3.8) is 0 Å². The number of amides is 1. The zero-order valence-electron chi connectivity index (χ0n) is 12.8. The summed E-state index contributed by atoms with van der Waals surface area (Å²) in [5, 5.41) is 3.39. The number of hydrogen-bond acceptors (Lipinski definition) is 5. The van der Waals surface area contributed by atoms with Crippen molar-refractivity contribution in [1.82, 2.24) is 4.98 Å². The smallest absolute Gasteiger partial charge is 0.257 e. The summed E-state index contributed by atoms with van der Waals surface area (Å²) in [6, 6.07) is 12.6. The second-order valence-corrected chi connectivity index (χ2v) is 5.79. The number of carbonyl (C=O) groups excluding carboxylic acids is 1. The first-order valence-electron chi connectivity index (χ1n) is 7.18. The highest BCUT2D eigenvalue weighted by molar-refractivity contribution is 7.22. The van der Waals surface area contributed by atoms with Gasteiger partial charge in [0.2, 0.25) is 0 Å². The van der Waals surface area contributed by atoms with Crippen LogP contribution < -0.4 is 14.8 Å². The SMILES string of the molecule is CCOc1ccc2nc(NC(=O)c3ccc(OC)cc3)sc2c1. The molecular formula is C17H16N2O3S. The molecule has 23 heavy (non-hydrogen) atoms. The second-order valence-electron chi connectivity index (χ2n) is 4.76. The van der Waals surface area contributed by atoms with Gasteiger partial charge in [0.05, 0.1) is 23.9 Å². The minimum atomic E-state index is -0.197. The molecule has 1 heterocycles. The van der Waals surface area contributed by atoms with Crippen LogP contribution >= 0.6 is 11.3 Å². The number of aromatic nitrogens is 1. The number of carbonyl (C=O) groups is 1. The van der Waals surface area contributed by atoms with E-state index in [0.717, 1.165) is 16.0 Å². The normalized spacial score (nSPS) is 10.5. The predicted octanol–water partition coefficient (Wildman–Crippen LogP) is 3.96. The molecule has 0 spiro atoms. The van der Waals surface area contributed by atoms with Gasteiger partial charge in [-0.05, 0) is 49.4 Å². The Kier molecular flexibility index (Phi) is 4.43. The van der Waals surface area contributed by atoms with Crippen LogP contribution in [0.15, 0.2) is 42.5 Å². The van der Waals surface area contributed by atoms with E-state index >= 15 is 0 Å². The molecular weight excluding hydrogens is 312 g/mol. The van der Waals surface area contributed by atoms with E-state index in [1.54, 1.807) is 31.4 Å². The van der Waals surface area contributed by atoms with Gasteiger partial charge < -0.3 is 9.47 Å². The van der Waals surface area contributed by atoms with Crippen molar-refractivity contribution in [2.45, 2.75) is 6.92 Å². The number of benzene rings is 2. The third-order valence-corrected chi connectivity index (χ3v) is 4.18. The molecule has 0 atom stereocenters. The molecule has 1 amide bonds. The van der Waals surface area contributed by atoms with Crippen molar-refractivity contribution >= 4 is 32.6 Å². The van der Waals surface area contributed by atoms with E-state index in [0.29, 0.717) is 23.1 Å². The molecule has 6 heteroatoms. The van der Waals surface area contributed by atoms with Crippen LogP contribution in [0.25, 0.3) is 10.2 Å². The fourth-order valence-corrected chi connectivity index (χ4v) is 3.02. The third kappa shape index (κ3) is 3.43. The molecule has 3 aromatic rings. The summed E-state index contributed by atoms with van der Waals surface area (Å²) in [4.78, 5) is 16.7. The number of anilines is 1. The van der Waals surface area contributed by atoms with Gasteiger partial charge in [-0.25, -0.2) is 4.98 Å². The van der Waals surface area contributed by atoms with E-state index in [1.807, 2.05) is 25.1 Å². The van der Waals surface area contributed by atoms with Crippen molar-refractivity contribution in [3.05, 3.63) is 48.0 Å². The molecule has 0 unspecified atom stereocenters. The first kappa shape index (κ1) is 15.3. The summed E-state index contributed by atoms with van der Waals surface area (Å²) < 4.78 is 11.5. The molecule has 0 saturated heterocycles. The highest BCUT2D eigenvalue weighted by Crippen LogP contribution is 2.29. The monoisotopic (exact) mass is 328 g/mol. The summed E-state index contributed by atoms with van der Waals surface area (Å²) >= 11 is 1.42. The zero-order chi connectivity index (χ0) is 16.2. The van der Waals surface area contributed by atoms with E-state index in [9.17, 15) is 4.79 Å². The summed E-state index contributed by atoms with van der Waals surface area (Å²) in [5.74, 6) is 1.32. The Morgan fingerprint density at radius 1 is 1.17 bits per heavy atom. The van der Waals surface area contributed by atoms with Crippen molar-refractivity contribution in [2.75, 3.05) is 19.0 Å². The fourth-order valence-electron chi connectivity index (χ4n) is 2.13. The van der Waals surface area contributed by atoms with E-state index in [2.05, 4.69) is 10.3 Å². The number of fused-ring (bicyclic) bond motifs is 1. The lowest BCUT2D eigenvalue weighted by Crippen LogP contribution is -2.11. The van der Waals surface area contributed by atoms with Gasteiger partial charge in [0, 0.05) is 5.56 Å². The average Bonchev–Trinajstić information content (AvgIpc) is 2.96. The maximum absolute atomic E-state index is 12.2. The third-order valence-electron chi connectivity index (χ3n) is 3.24. The number of ether oxygens (including phenoxy) is 2. The van der Waals surface area contributed by atoms with E-state index in [-0.39, 0.29) is 5.91 Å². The molecule has 0 radical (unpaired) electrons. The molecule has 3 rings (SSSR count). The molecule has 2 aromatic carbocycles. The maximum atomic E-state index is 12.2. The summed E-state index contributed by atoms with van der Waals surface area (Å²) in [5.41, 5.74) is 1.39. The number of nitrogens with one attached hydrogen (secondary N) is 1. The Morgan fingerprint density at radius 3 is 2.61 bits per heavy atom. The molecule has 0 bridgehead atoms. The Balaban J connectivity index is 1.78. The molecule has 1 aromatic heterocycles. The van der Waals surface area contributed by atoms with Crippen LogP contribution in [0.3, 0.4) is 0 Å². The second kappa shape index (κ2) is 6.66. The molecule has 0 aliphatic carbocycles. The predicted molar refractivity (Wildman–Crippen MR) is 91.7 cm³/mol. The minimum absolute atomic E-state index is 0.197.